The van der Waals surface area contributed by atoms with Crippen LogP contribution < -0.4 is 10.0 Å². The predicted octanol–water partition coefficient (Wildman–Crippen LogP) is 1.03. The number of hydrogen-bond donors (Lipinski definition) is 2. The van der Waals surface area contributed by atoms with E-state index in [0.717, 1.165) is 36.2 Å². The number of anilines is 1. The van der Waals surface area contributed by atoms with Crippen molar-refractivity contribution in [1.82, 2.24) is 19.9 Å². The van der Waals surface area contributed by atoms with Gasteiger partial charge in [0.25, 0.3) is 0 Å². The molecule has 1 amide bonds. The second kappa shape index (κ2) is 6.78. The molecular formula is C20H22N6O3S. The molecule has 3 aromatic rings. The first-order valence-corrected chi connectivity index (χ1v) is 11.4. The summed E-state index contributed by atoms with van der Waals surface area (Å²) in [5.41, 5.74) is 1.27. The molecule has 3 heterocycles. The van der Waals surface area contributed by atoms with Crippen molar-refractivity contribution in [3.8, 4) is 0 Å². The second-order valence-corrected chi connectivity index (χ2v) is 9.56. The van der Waals surface area contributed by atoms with Gasteiger partial charge in [-0.2, -0.15) is 0 Å². The number of sulfonamides is 1. The standard InChI is InChI=1S/C20H22N6O3S/c21-30(28,29)15-3-1-2-14(10-15)11-17(27)26-9-8-25(12-20(26)5-6-20)19-16-4-7-22-18(16)23-13-24-19/h1-4,7,10,13H,5-6,8-9,11-12H2,(H2,21,28,29)(H,22,23,24). The number of nitrogens with one attached hydrogen (secondary N) is 1. The van der Waals surface area contributed by atoms with Crippen LogP contribution in [-0.4, -0.2) is 59.4 Å². The average molecular weight is 427 g/mol. The van der Waals surface area contributed by atoms with Gasteiger partial charge in [-0.1, -0.05) is 12.1 Å². The topological polar surface area (TPSA) is 125 Å². The third-order valence-electron chi connectivity index (χ3n) is 5.99. The monoisotopic (exact) mass is 426 g/mol. The van der Waals surface area contributed by atoms with E-state index in [9.17, 15) is 13.2 Å². The van der Waals surface area contributed by atoms with Crippen LogP contribution in [0.3, 0.4) is 0 Å². The molecule has 0 bridgehead atoms. The van der Waals surface area contributed by atoms with Gasteiger partial charge in [-0.3, -0.25) is 4.79 Å². The van der Waals surface area contributed by atoms with Crippen LogP contribution in [0.4, 0.5) is 5.82 Å². The number of aromatic amines is 1. The molecule has 1 aliphatic heterocycles. The number of nitrogens with zero attached hydrogens (tertiary/aromatic N) is 4. The lowest BCUT2D eigenvalue weighted by Gasteiger charge is -2.43. The van der Waals surface area contributed by atoms with E-state index in [0.29, 0.717) is 18.7 Å². The van der Waals surface area contributed by atoms with Crippen LogP contribution in [-0.2, 0) is 21.2 Å². The van der Waals surface area contributed by atoms with E-state index in [2.05, 4.69) is 19.9 Å². The molecule has 0 radical (unpaired) electrons. The van der Waals surface area contributed by atoms with Gasteiger partial charge in [-0.25, -0.2) is 23.5 Å². The summed E-state index contributed by atoms with van der Waals surface area (Å²) in [4.78, 5) is 29.2. The van der Waals surface area contributed by atoms with Crippen LogP contribution in [0.15, 0.2) is 47.8 Å². The Kier molecular flexibility index (Phi) is 4.30. The highest BCUT2D eigenvalue weighted by atomic mass is 32.2. The number of aromatic nitrogens is 3. The number of amides is 1. The van der Waals surface area contributed by atoms with E-state index in [-0.39, 0.29) is 22.8 Å². The summed E-state index contributed by atoms with van der Waals surface area (Å²) in [7, 11) is -3.79. The van der Waals surface area contributed by atoms with Gasteiger partial charge >= 0.3 is 0 Å². The minimum atomic E-state index is -3.79. The van der Waals surface area contributed by atoms with Gasteiger partial charge in [0.05, 0.1) is 22.2 Å². The molecule has 1 saturated carbocycles. The first-order chi connectivity index (χ1) is 14.4. The number of carbonyl (C=O) groups is 1. The molecule has 0 atom stereocenters. The lowest BCUT2D eigenvalue weighted by Crippen LogP contribution is -2.57. The number of nitrogens with two attached hydrogens (primary N) is 1. The first kappa shape index (κ1) is 19.0. The Morgan fingerprint density at radius 1 is 1.20 bits per heavy atom. The molecule has 1 aromatic carbocycles. The summed E-state index contributed by atoms with van der Waals surface area (Å²) in [6, 6.07) is 8.26. The number of fused-ring (bicyclic) bond motifs is 1. The molecule has 3 N–H and O–H groups in total. The summed E-state index contributed by atoms with van der Waals surface area (Å²) in [6.45, 7) is 2.01. The largest absolute Gasteiger partial charge is 0.352 e. The summed E-state index contributed by atoms with van der Waals surface area (Å²) in [5.74, 6) is 0.897. The number of primary sulfonamides is 1. The van der Waals surface area contributed by atoms with Crippen LogP contribution in [0.5, 0.6) is 0 Å². The third kappa shape index (κ3) is 3.31. The minimum Gasteiger partial charge on any atom is -0.352 e. The van der Waals surface area contributed by atoms with Crippen molar-refractivity contribution in [3.63, 3.8) is 0 Å². The van der Waals surface area contributed by atoms with Crippen molar-refractivity contribution < 1.29 is 13.2 Å². The molecule has 1 spiro atoms. The van der Waals surface area contributed by atoms with Crippen LogP contribution in [0.1, 0.15) is 18.4 Å². The van der Waals surface area contributed by atoms with Crippen LogP contribution in [0.2, 0.25) is 0 Å². The highest BCUT2D eigenvalue weighted by molar-refractivity contribution is 7.89. The van der Waals surface area contributed by atoms with Crippen molar-refractivity contribution >= 4 is 32.8 Å². The first-order valence-electron chi connectivity index (χ1n) is 9.81. The van der Waals surface area contributed by atoms with E-state index in [4.69, 9.17) is 5.14 Å². The molecule has 156 valence electrons. The highest BCUT2D eigenvalue weighted by Crippen LogP contribution is 2.45. The van der Waals surface area contributed by atoms with Gasteiger partial charge < -0.3 is 14.8 Å². The van der Waals surface area contributed by atoms with Gasteiger partial charge in [-0.15, -0.1) is 0 Å². The van der Waals surface area contributed by atoms with Crippen molar-refractivity contribution in [2.45, 2.75) is 29.7 Å². The molecule has 10 heteroatoms. The van der Waals surface area contributed by atoms with Crippen LogP contribution in [0, 0.1) is 0 Å². The molecule has 1 aliphatic carbocycles. The fourth-order valence-corrected chi connectivity index (χ4v) is 4.92. The molecule has 2 aliphatic rings. The predicted molar refractivity (Wildman–Crippen MR) is 111 cm³/mol. The van der Waals surface area contributed by atoms with E-state index in [1.54, 1.807) is 18.5 Å². The SMILES string of the molecule is NS(=O)(=O)c1cccc(CC(=O)N2CCN(c3ncnc4[nH]ccc34)CC23CC3)c1. The fraction of sp³-hybridized carbons (Fsp3) is 0.350. The molecule has 2 fully saturated rings. The molecule has 0 unspecified atom stereocenters. The maximum Gasteiger partial charge on any atom is 0.238 e. The van der Waals surface area contributed by atoms with Gasteiger partial charge in [-0.05, 0) is 36.6 Å². The fourth-order valence-electron chi connectivity index (χ4n) is 4.33. The van der Waals surface area contributed by atoms with Gasteiger partial charge in [0, 0.05) is 25.8 Å². The number of rotatable bonds is 4. The molecule has 9 nitrogen and oxygen atoms in total. The smallest absolute Gasteiger partial charge is 0.238 e. The van der Waals surface area contributed by atoms with Crippen molar-refractivity contribution in [1.29, 1.82) is 0 Å². The van der Waals surface area contributed by atoms with Gasteiger partial charge in [0.1, 0.15) is 17.8 Å². The Bertz CT molecular complexity index is 1230. The maximum atomic E-state index is 13.1. The third-order valence-corrected chi connectivity index (χ3v) is 6.91. The Hall–Kier alpha value is -2.98. The van der Waals surface area contributed by atoms with Crippen molar-refractivity contribution in [2.75, 3.05) is 24.5 Å². The Morgan fingerprint density at radius 2 is 2.03 bits per heavy atom. The normalized spacial score (nSPS) is 18.2. The summed E-state index contributed by atoms with van der Waals surface area (Å²) in [5, 5.41) is 6.19. The highest BCUT2D eigenvalue weighted by Gasteiger charge is 2.53. The van der Waals surface area contributed by atoms with E-state index < -0.39 is 10.0 Å². The maximum absolute atomic E-state index is 13.1. The minimum absolute atomic E-state index is 0.00759. The molecule has 2 aromatic heterocycles. The Morgan fingerprint density at radius 3 is 2.80 bits per heavy atom. The molecule has 30 heavy (non-hydrogen) atoms. The van der Waals surface area contributed by atoms with Gasteiger partial charge in [0.15, 0.2) is 0 Å². The number of benzene rings is 1. The summed E-state index contributed by atoms with van der Waals surface area (Å²) in [6.07, 6.45) is 5.47. The quantitative estimate of drug-likeness (QED) is 0.642. The molecule has 5 rings (SSSR count). The summed E-state index contributed by atoms with van der Waals surface area (Å²) < 4.78 is 23.2. The zero-order chi connectivity index (χ0) is 20.9. The number of carbonyl (C=O) groups excluding carboxylic acids is 1. The Balaban J connectivity index is 1.34. The number of piperazine rings is 1. The van der Waals surface area contributed by atoms with E-state index in [1.807, 2.05) is 17.2 Å². The molecular weight excluding hydrogens is 404 g/mol. The van der Waals surface area contributed by atoms with Crippen LogP contribution in [0.25, 0.3) is 11.0 Å². The summed E-state index contributed by atoms with van der Waals surface area (Å²) >= 11 is 0. The second-order valence-electron chi connectivity index (χ2n) is 8.00. The molecule has 1 saturated heterocycles. The van der Waals surface area contributed by atoms with Crippen molar-refractivity contribution in [3.05, 3.63) is 48.4 Å². The number of H-pyrrole nitrogens is 1. The van der Waals surface area contributed by atoms with E-state index >= 15 is 0 Å². The zero-order valence-electron chi connectivity index (χ0n) is 16.3. The average Bonchev–Trinajstić information content (AvgIpc) is 3.29. The lowest BCUT2D eigenvalue weighted by molar-refractivity contribution is -0.134. The zero-order valence-corrected chi connectivity index (χ0v) is 17.1. The van der Waals surface area contributed by atoms with Gasteiger partial charge in [0.2, 0.25) is 15.9 Å². The van der Waals surface area contributed by atoms with Crippen LogP contribution >= 0.6 is 0 Å². The van der Waals surface area contributed by atoms with Crippen molar-refractivity contribution in [2.24, 2.45) is 5.14 Å². The Labute approximate surface area is 174 Å². The lowest BCUT2D eigenvalue weighted by atomic mass is 10.1. The number of hydrogen-bond acceptors (Lipinski definition) is 6. The van der Waals surface area contributed by atoms with E-state index in [1.165, 1.54) is 12.1 Å².